The fourth-order valence-corrected chi connectivity index (χ4v) is 4.87. The van der Waals surface area contributed by atoms with Gasteiger partial charge in [0.1, 0.15) is 11.2 Å². The first-order valence-corrected chi connectivity index (χ1v) is 15.2. The van der Waals surface area contributed by atoms with Crippen LogP contribution in [0.25, 0.3) is 33.0 Å². The second-order valence-corrected chi connectivity index (χ2v) is 14.1. The molecule has 0 bridgehead atoms. The Kier molecular flexibility index (Phi) is 9.71. The molecule has 236 valence electrons. The molecule has 7 nitrogen and oxygen atoms in total. The molecule has 2 N–H and O–H groups in total. The molecule has 7 heteroatoms. The van der Waals surface area contributed by atoms with Crippen molar-refractivity contribution in [2.45, 2.75) is 85.5 Å². The standard InChI is InChI=1S/C38H45N3O4/c1-36(2,3)29-20-17-25(18-21-29)31-16-12-14-26-23-27(19-22-32(26)31)30-15-11-10-13-28(30)24-39-33(40-34(42)44-37(4,5)6)41-35(43)45-38(7,8)9/h10-23H,24H2,1-9H3,(H2,39,40,41,42,43). The molecule has 0 atom stereocenters. The first-order valence-electron chi connectivity index (χ1n) is 15.2. The van der Waals surface area contributed by atoms with Crippen molar-refractivity contribution >= 4 is 28.9 Å². The molecule has 0 aliphatic heterocycles. The van der Waals surface area contributed by atoms with Gasteiger partial charge in [-0.2, -0.15) is 0 Å². The topological polar surface area (TPSA) is 89.0 Å². The predicted molar refractivity (Wildman–Crippen MR) is 183 cm³/mol. The SMILES string of the molecule is CC(C)(C)OC(=O)NC(=NCc1ccccc1-c1ccc2c(-c3ccc(C(C)(C)C)cc3)cccc2c1)NC(=O)OC(C)(C)C. The zero-order valence-corrected chi connectivity index (χ0v) is 27.9. The number of ether oxygens (including phenoxy) is 2. The van der Waals surface area contributed by atoms with Crippen LogP contribution in [0.2, 0.25) is 0 Å². The van der Waals surface area contributed by atoms with E-state index in [1.54, 1.807) is 41.5 Å². The molecule has 0 aliphatic rings. The fourth-order valence-electron chi connectivity index (χ4n) is 4.87. The summed E-state index contributed by atoms with van der Waals surface area (Å²) in [5.41, 5.74) is 5.27. The van der Waals surface area contributed by atoms with Crippen LogP contribution in [0.3, 0.4) is 0 Å². The van der Waals surface area contributed by atoms with Gasteiger partial charge in [0, 0.05) is 0 Å². The molecule has 0 spiro atoms. The number of fused-ring (bicyclic) bond motifs is 1. The van der Waals surface area contributed by atoms with Gasteiger partial charge in [-0.05, 0) is 97.2 Å². The largest absolute Gasteiger partial charge is 0.444 e. The molecule has 0 saturated heterocycles. The van der Waals surface area contributed by atoms with Gasteiger partial charge in [0.2, 0.25) is 5.96 Å². The Morgan fingerprint density at radius 2 is 1.20 bits per heavy atom. The van der Waals surface area contributed by atoms with Gasteiger partial charge in [-0.25, -0.2) is 14.6 Å². The number of nitrogens with zero attached hydrogens (tertiary/aromatic N) is 1. The number of hydrogen-bond acceptors (Lipinski definition) is 5. The second-order valence-electron chi connectivity index (χ2n) is 14.1. The number of aliphatic imine (C=N–C) groups is 1. The summed E-state index contributed by atoms with van der Waals surface area (Å²) < 4.78 is 10.8. The average molecular weight is 608 g/mol. The molecule has 4 aromatic carbocycles. The number of amides is 2. The molecule has 0 aliphatic carbocycles. The van der Waals surface area contributed by atoms with Crippen LogP contribution in [0, 0.1) is 0 Å². The lowest BCUT2D eigenvalue weighted by molar-refractivity contribution is 0.0545. The van der Waals surface area contributed by atoms with E-state index in [1.807, 2.05) is 24.3 Å². The van der Waals surface area contributed by atoms with E-state index >= 15 is 0 Å². The normalized spacial score (nSPS) is 11.9. The molecule has 4 aromatic rings. The first kappa shape index (κ1) is 33.2. The summed E-state index contributed by atoms with van der Waals surface area (Å²) in [6, 6.07) is 29.6. The van der Waals surface area contributed by atoms with E-state index in [-0.39, 0.29) is 17.9 Å². The summed E-state index contributed by atoms with van der Waals surface area (Å²) in [5.74, 6) is -0.0612. The van der Waals surface area contributed by atoms with Gasteiger partial charge in [-0.1, -0.05) is 99.6 Å². The zero-order valence-electron chi connectivity index (χ0n) is 27.9. The van der Waals surface area contributed by atoms with Gasteiger partial charge in [-0.3, -0.25) is 10.6 Å². The van der Waals surface area contributed by atoms with Crippen LogP contribution in [0.5, 0.6) is 0 Å². The van der Waals surface area contributed by atoms with Crippen molar-refractivity contribution in [2.24, 2.45) is 4.99 Å². The molecule has 0 unspecified atom stereocenters. The van der Waals surface area contributed by atoms with Crippen LogP contribution in [0.4, 0.5) is 9.59 Å². The van der Waals surface area contributed by atoms with Gasteiger partial charge in [0.05, 0.1) is 6.54 Å². The summed E-state index contributed by atoms with van der Waals surface area (Å²) in [4.78, 5) is 29.6. The van der Waals surface area contributed by atoms with Gasteiger partial charge in [-0.15, -0.1) is 0 Å². The van der Waals surface area contributed by atoms with Crippen LogP contribution >= 0.6 is 0 Å². The van der Waals surface area contributed by atoms with Gasteiger partial charge >= 0.3 is 12.2 Å². The van der Waals surface area contributed by atoms with E-state index in [4.69, 9.17) is 9.47 Å². The van der Waals surface area contributed by atoms with Gasteiger partial charge in [0.25, 0.3) is 0 Å². The minimum Gasteiger partial charge on any atom is -0.444 e. The third kappa shape index (κ3) is 9.42. The molecular weight excluding hydrogens is 562 g/mol. The Hall–Kier alpha value is -4.65. The lowest BCUT2D eigenvalue weighted by Crippen LogP contribution is -2.47. The minimum atomic E-state index is -0.732. The number of carbonyl (C=O) groups excluding carboxylic acids is 2. The maximum Gasteiger partial charge on any atom is 0.414 e. The predicted octanol–water partition coefficient (Wildman–Crippen LogP) is 9.38. The van der Waals surface area contributed by atoms with Crippen molar-refractivity contribution in [1.82, 2.24) is 10.6 Å². The van der Waals surface area contributed by atoms with E-state index in [0.717, 1.165) is 22.1 Å². The van der Waals surface area contributed by atoms with Crippen molar-refractivity contribution in [3.8, 4) is 22.3 Å². The smallest absolute Gasteiger partial charge is 0.414 e. The quantitative estimate of drug-likeness (QED) is 0.179. The Bertz CT molecular complexity index is 1670. The molecule has 2 amide bonds. The molecule has 0 radical (unpaired) electrons. The highest BCUT2D eigenvalue weighted by molar-refractivity contribution is 6.01. The van der Waals surface area contributed by atoms with Crippen molar-refractivity contribution in [3.05, 3.63) is 96.1 Å². The monoisotopic (exact) mass is 607 g/mol. The number of rotatable bonds is 4. The van der Waals surface area contributed by atoms with E-state index in [9.17, 15) is 9.59 Å². The van der Waals surface area contributed by atoms with E-state index in [0.29, 0.717) is 0 Å². The van der Waals surface area contributed by atoms with Crippen LogP contribution in [0.1, 0.15) is 73.4 Å². The third-order valence-electron chi connectivity index (χ3n) is 6.92. The first-order chi connectivity index (χ1) is 21.0. The van der Waals surface area contributed by atoms with E-state index < -0.39 is 23.4 Å². The molecular formula is C38H45N3O4. The van der Waals surface area contributed by atoms with Crippen molar-refractivity contribution in [2.75, 3.05) is 0 Å². The highest BCUT2D eigenvalue weighted by atomic mass is 16.6. The molecule has 0 saturated carbocycles. The fraction of sp³-hybridized carbons (Fsp3) is 0.342. The minimum absolute atomic E-state index is 0.0612. The number of guanidine groups is 1. The summed E-state index contributed by atoms with van der Waals surface area (Å²) in [6.45, 7) is 17.4. The Labute approximate surface area is 267 Å². The number of nitrogens with one attached hydrogen (secondary N) is 2. The molecule has 45 heavy (non-hydrogen) atoms. The highest BCUT2D eigenvalue weighted by Gasteiger charge is 2.21. The van der Waals surface area contributed by atoms with Crippen molar-refractivity contribution < 1.29 is 19.1 Å². The number of carbonyl (C=O) groups is 2. The molecule has 4 rings (SSSR count). The van der Waals surface area contributed by atoms with Crippen LogP contribution in [-0.2, 0) is 21.4 Å². The maximum atomic E-state index is 12.5. The molecule has 0 fully saturated rings. The Morgan fingerprint density at radius 3 is 1.78 bits per heavy atom. The Balaban J connectivity index is 1.64. The maximum absolute atomic E-state index is 12.5. The number of hydrogen-bond donors (Lipinski definition) is 2. The van der Waals surface area contributed by atoms with E-state index in [1.165, 1.54) is 22.1 Å². The van der Waals surface area contributed by atoms with Crippen molar-refractivity contribution in [1.29, 1.82) is 0 Å². The third-order valence-corrected chi connectivity index (χ3v) is 6.92. The lowest BCUT2D eigenvalue weighted by Gasteiger charge is -2.22. The van der Waals surface area contributed by atoms with Crippen LogP contribution in [0.15, 0.2) is 89.9 Å². The van der Waals surface area contributed by atoms with E-state index in [2.05, 4.69) is 97.1 Å². The average Bonchev–Trinajstić information content (AvgIpc) is 2.93. The van der Waals surface area contributed by atoms with Gasteiger partial charge < -0.3 is 9.47 Å². The zero-order chi connectivity index (χ0) is 33.0. The number of alkyl carbamates (subject to hydrolysis) is 2. The van der Waals surface area contributed by atoms with Crippen molar-refractivity contribution in [3.63, 3.8) is 0 Å². The molecule has 0 aromatic heterocycles. The highest BCUT2D eigenvalue weighted by Crippen LogP contribution is 2.34. The molecule has 0 heterocycles. The lowest BCUT2D eigenvalue weighted by atomic mass is 9.86. The van der Waals surface area contributed by atoms with Crippen LogP contribution < -0.4 is 10.6 Å². The second kappa shape index (κ2) is 13.1. The summed E-state index contributed by atoms with van der Waals surface area (Å²) in [7, 11) is 0. The summed E-state index contributed by atoms with van der Waals surface area (Å²) in [5, 5.41) is 7.41. The van der Waals surface area contributed by atoms with Gasteiger partial charge in [0.15, 0.2) is 0 Å². The number of benzene rings is 4. The summed E-state index contributed by atoms with van der Waals surface area (Å²) >= 11 is 0. The Morgan fingerprint density at radius 1 is 0.644 bits per heavy atom. The summed E-state index contributed by atoms with van der Waals surface area (Å²) in [6.07, 6.45) is -1.46. The van der Waals surface area contributed by atoms with Crippen LogP contribution in [-0.4, -0.2) is 29.3 Å².